The van der Waals surface area contributed by atoms with Gasteiger partial charge in [0.1, 0.15) is 0 Å². The van der Waals surface area contributed by atoms with Crippen LogP contribution in [0.15, 0.2) is 27.1 Å². The number of esters is 1. The molecule has 0 radical (unpaired) electrons. The van der Waals surface area contributed by atoms with Crippen LogP contribution in [0.1, 0.15) is 24.2 Å². The van der Waals surface area contributed by atoms with Crippen molar-refractivity contribution in [1.82, 2.24) is 0 Å². The Morgan fingerprint density at radius 2 is 1.72 bits per heavy atom. The summed E-state index contributed by atoms with van der Waals surface area (Å²) >= 11 is 6.29. The average molecular weight is 382 g/mol. The number of carbonyl (C=O) groups is 2. The number of Topliss-reactive ketones (excluding diaryl/α,β-unsaturated/α-hetero) is 1. The van der Waals surface area contributed by atoms with Gasteiger partial charge in [0.25, 0.3) is 6.17 Å². The fourth-order valence-electron chi connectivity index (χ4n) is 1.26. The zero-order valence-corrected chi connectivity index (χ0v) is 12.9. The second-order valence-electron chi connectivity index (χ2n) is 3.81. The smallest absolute Gasteiger partial charge is 0.349 e. The van der Waals surface area contributed by atoms with E-state index in [4.69, 9.17) is 0 Å². The van der Waals surface area contributed by atoms with Crippen molar-refractivity contribution >= 4 is 43.6 Å². The fourth-order valence-corrected chi connectivity index (χ4v) is 2.65. The van der Waals surface area contributed by atoms with Crippen LogP contribution in [-0.2, 0) is 9.53 Å². The number of hydrogen-bond acceptors (Lipinski definition) is 3. The van der Waals surface area contributed by atoms with Gasteiger partial charge < -0.3 is 4.74 Å². The summed E-state index contributed by atoms with van der Waals surface area (Å²) in [5.41, 5.74) is 0.0886. The van der Waals surface area contributed by atoms with E-state index in [9.17, 15) is 14.0 Å². The van der Waals surface area contributed by atoms with E-state index < -0.39 is 24.0 Å². The van der Waals surface area contributed by atoms with Crippen molar-refractivity contribution in [3.63, 3.8) is 0 Å². The highest BCUT2D eigenvalue weighted by molar-refractivity contribution is 9.11. The molecule has 0 fully saturated rings. The zero-order chi connectivity index (χ0) is 13.9. The maximum atomic E-state index is 13.7. The number of ketones is 1. The van der Waals surface area contributed by atoms with E-state index in [-0.39, 0.29) is 5.56 Å². The monoisotopic (exact) mass is 380 g/mol. The van der Waals surface area contributed by atoms with Gasteiger partial charge in [-0.15, -0.1) is 0 Å². The molecule has 18 heavy (non-hydrogen) atoms. The molecule has 1 atom stereocenters. The van der Waals surface area contributed by atoms with E-state index in [1.54, 1.807) is 32.0 Å². The van der Waals surface area contributed by atoms with Gasteiger partial charge >= 0.3 is 5.97 Å². The summed E-state index contributed by atoms with van der Waals surface area (Å²) in [5, 5.41) is 0. The van der Waals surface area contributed by atoms with E-state index in [1.807, 2.05) is 0 Å². The Bertz CT molecular complexity index is 454. The Hall–Kier alpha value is -0.750. The molecule has 6 heteroatoms. The Labute approximate surface area is 121 Å². The lowest BCUT2D eigenvalue weighted by Crippen LogP contribution is -2.30. The van der Waals surface area contributed by atoms with Gasteiger partial charge in [0, 0.05) is 14.5 Å². The molecule has 1 rings (SSSR count). The minimum atomic E-state index is -2.32. The van der Waals surface area contributed by atoms with E-state index >= 15 is 0 Å². The standard InChI is InChI=1S/C12H11Br2FO3/c1-6(2)18-12(17)10(15)11(16)9-7(13)4-3-5-8(9)14/h3-6,10H,1-2H3. The highest BCUT2D eigenvalue weighted by Gasteiger charge is 2.31. The second kappa shape index (κ2) is 6.43. The fraction of sp³-hybridized carbons (Fsp3) is 0.333. The first-order chi connectivity index (χ1) is 8.34. The molecule has 0 saturated heterocycles. The van der Waals surface area contributed by atoms with Crippen LogP contribution in [0.5, 0.6) is 0 Å². The summed E-state index contributed by atoms with van der Waals surface area (Å²) in [4.78, 5) is 23.2. The van der Waals surface area contributed by atoms with E-state index in [1.165, 1.54) is 0 Å². The second-order valence-corrected chi connectivity index (χ2v) is 5.52. The molecule has 98 valence electrons. The number of hydrogen-bond donors (Lipinski definition) is 0. The van der Waals surface area contributed by atoms with Crippen molar-refractivity contribution < 1.29 is 18.7 Å². The lowest BCUT2D eigenvalue weighted by Gasteiger charge is -2.12. The molecule has 3 nitrogen and oxygen atoms in total. The Balaban J connectivity index is 2.97. The summed E-state index contributed by atoms with van der Waals surface area (Å²) < 4.78 is 19.2. The van der Waals surface area contributed by atoms with Crippen molar-refractivity contribution in [3.05, 3.63) is 32.7 Å². The number of halogens is 3. The van der Waals surface area contributed by atoms with E-state index in [0.29, 0.717) is 8.95 Å². The highest BCUT2D eigenvalue weighted by atomic mass is 79.9. The van der Waals surface area contributed by atoms with Crippen LogP contribution in [0.4, 0.5) is 4.39 Å². The maximum Gasteiger partial charge on any atom is 0.349 e. The summed E-state index contributed by atoms with van der Waals surface area (Å²) in [6, 6.07) is 4.88. The minimum Gasteiger partial charge on any atom is -0.460 e. The van der Waals surface area contributed by atoms with Crippen molar-refractivity contribution in [1.29, 1.82) is 0 Å². The number of rotatable bonds is 4. The summed E-state index contributed by atoms with van der Waals surface area (Å²) in [6.07, 6.45) is -2.78. The van der Waals surface area contributed by atoms with Crippen LogP contribution < -0.4 is 0 Å². The first kappa shape index (κ1) is 15.3. The van der Waals surface area contributed by atoms with Crippen LogP contribution in [0, 0.1) is 0 Å². The summed E-state index contributed by atoms with van der Waals surface area (Å²) in [7, 11) is 0. The molecule has 0 spiro atoms. The maximum absolute atomic E-state index is 13.7. The molecule has 0 aliphatic carbocycles. The number of benzene rings is 1. The van der Waals surface area contributed by atoms with Gasteiger partial charge in [-0.25, -0.2) is 9.18 Å². The minimum absolute atomic E-state index is 0.0886. The normalized spacial score (nSPS) is 12.3. The molecule has 0 amide bonds. The molecule has 0 aromatic heterocycles. The first-order valence-corrected chi connectivity index (χ1v) is 6.76. The molecule has 0 aliphatic heterocycles. The van der Waals surface area contributed by atoms with Crippen molar-refractivity contribution in [2.45, 2.75) is 26.1 Å². The Morgan fingerprint density at radius 1 is 1.22 bits per heavy atom. The van der Waals surface area contributed by atoms with Crippen molar-refractivity contribution in [2.75, 3.05) is 0 Å². The molecular weight excluding hydrogens is 371 g/mol. The third kappa shape index (κ3) is 3.62. The van der Waals surface area contributed by atoms with Gasteiger partial charge in [0.15, 0.2) is 0 Å². The molecule has 0 heterocycles. The third-order valence-electron chi connectivity index (χ3n) is 2.00. The molecule has 1 aromatic rings. The lowest BCUT2D eigenvalue weighted by atomic mass is 10.1. The Kier molecular flexibility index (Phi) is 5.47. The quantitative estimate of drug-likeness (QED) is 0.454. The predicted octanol–water partition coefficient (Wildman–Crippen LogP) is 3.68. The highest BCUT2D eigenvalue weighted by Crippen LogP contribution is 2.27. The van der Waals surface area contributed by atoms with Gasteiger partial charge in [0.05, 0.1) is 6.10 Å². The molecule has 1 unspecified atom stereocenters. The van der Waals surface area contributed by atoms with Crippen LogP contribution in [0.25, 0.3) is 0 Å². The van der Waals surface area contributed by atoms with Crippen LogP contribution in [0.2, 0.25) is 0 Å². The molecule has 0 aliphatic rings. The van der Waals surface area contributed by atoms with Crippen LogP contribution in [-0.4, -0.2) is 24.0 Å². The van der Waals surface area contributed by atoms with Crippen LogP contribution in [0.3, 0.4) is 0 Å². The third-order valence-corrected chi connectivity index (χ3v) is 3.32. The van der Waals surface area contributed by atoms with Gasteiger partial charge in [-0.2, -0.15) is 0 Å². The van der Waals surface area contributed by atoms with Gasteiger partial charge in [-0.3, -0.25) is 4.79 Å². The summed E-state index contributed by atoms with van der Waals surface area (Å²) in [6.45, 7) is 3.17. The SMILES string of the molecule is CC(C)OC(=O)C(F)C(=O)c1c(Br)cccc1Br. The number of carbonyl (C=O) groups excluding carboxylic acids is 2. The lowest BCUT2D eigenvalue weighted by molar-refractivity contribution is -0.151. The molecule has 1 aromatic carbocycles. The molecular formula is C12H11Br2FO3. The number of ether oxygens (including phenoxy) is 1. The molecule has 0 saturated carbocycles. The summed E-state index contributed by atoms with van der Waals surface area (Å²) in [5.74, 6) is -2.10. The van der Waals surface area contributed by atoms with Gasteiger partial charge in [-0.1, -0.05) is 37.9 Å². The first-order valence-electron chi connectivity index (χ1n) is 5.17. The van der Waals surface area contributed by atoms with Crippen LogP contribution >= 0.6 is 31.9 Å². The topological polar surface area (TPSA) is 43.4 Å². The largest absolute Gasteiger partial charge is 0.460 e. The molecule has 0 N–H and O–H groups in total. The van der Waals surface area contributed by atoms with Crippen molar-refractivity contribution in [3.8, 4) is 0 Å². The Morgan fingerprint density at radius 3 is 2.17 bits per heavy atom. The average Bonchev–Trinajstić information content (AvgIpc) is 2.26. The zero-order valence-electron chi connectivity index (χ0n) is 9.75. The van der Waals surface area contributed by atoms with Gasteiger partial charge in [0.2, 0.25) is 5.78 Å². The predicted molar refractivity (Wildman–Crippen MR) is 72.3 cm³/mol. The number of alkyl halides is 1. The van der Waals surface area contributed by atoms with Crippen molar-refractivity contribution in [2.24, 2.45) is 0 Å². The van der Waals surface area contributed by atoms with E-state index in [2.05, 4.69) is 36.6 Å². The van der Waals surface area contributed by atoms with Gasteiger partial charge in [-0.05, 0) is 26.0 Å². The molecule has 0 bridgehead atoms. The van der Waals surface area contributed by atoms with E-state index in [0.717, 1.165) is 0 Å².